The molecule has 1 N–H and O–H groups in total. The summed E-state index contributed by atoms with van der Waals surface area (Å²) in [4.78, 5) is 20.8. The van der Waals surface area contributed by atoms with Crippen LogP contribution in [0, 0.1) is 0 Å². The first-order valence-corrected chi connectivity index (χ1v) is 4.93. The molecule has 1 atom stereocenters. The first kappa shape index (κ1) is 10.3. The Balaban J connectivity index is 1.85. The average molecular weight is 181 g/mol. The Morgan fingerprint density at radius 2 is 2.38 bits per heavy atom. The number of carbonyl (C=O) groups is 2. The molecule has 0 aromatic heterocycles. The Morgan fingerprint density at radius 1 is 1.62 bits per heavy atom. The van der Waals surface area contributed by atoms with Crippen molar-refractivity contribution in [3.8, 4) is 0 Å². The summed E-state index contributed by atoms with van der Waals surface area (Å²) < 4.78 is 0. The third-order valence-electron chi connectivity index (χ3n) is 2.53. The monoisotopic (exact) mass is 181 g/mol. The Morgan fingerprint density at radius 3 is 2.92 bits per heavy atom. The molecule has 72 valence electrons. The van der Waals surface area contributed by atoms with Gasteiger partial charge < -0.3 is 10.1 Å². The highest BCUT2D eigenvalue weighted by atomic mass is 16.1. The number of amides is 1. The van der Waals surface area contributed by atoms with Gasteiger partial charge in [0.05, 0.1) is 6.19 Å². The maximum Gasteiger partial charge on any atom is 0.221 e. The van der Waals surface area contributed by atoms with Crippen LogP contribution in [0.1, 0.15) is 26.2 Å². The fourth-order valence-corrected chi connectivity index (χ4v) is 1.57. The molecule has 1 saturated heterocycles. The van der Waals surface area contributed by atoms with Gasteiger partial charge in [-0.3, -0.25) is 4.79 Å². The minimum atomic E-state index is 0.0391. The maximum absolute atomic E-state index is 10.5. The predicted molar refractivity (Wildman–Crippen MR) is 53.6 cm³/mol. The molecular weight excluding hydrogens is 165 g/mol. The maximum atomic E-state index is 10.5. The van der Waals surface area contributed by atoms with Gasteiger partial charge in [-0.25, -0.2) is 0 Å². The highest BCUT2D eigenvalue weighted by Gasteiger charge is 2.39. The molecule has 0 saturated carbocycles. The molecule has 1 unspecified atom stereocenters. The summed E-state index contributed by atoms with van der Waals surface area (Å²) in [5, 5.41) is 2.76. The molecule has 4 heteroatoms. The van der Waals surface area contributed by atoms with Crippen LogP contribution in [0.3, 0.4) is 0 Å². The normalized spacial score (nSPS) is 19.8. The van der Waals surface area contributed by atoms with Crippen molar-refractivity contribution in [3.05, 3.63) is 0 Å². The van der Waals surface area contributed by atoms with Gasteiger partial charge in [-0.2, -0.15) is 0 Å². The Bertz CT molecular complexity index is 196. The van der Waals surface area contributed by atoms with Crippen molar-refractivity contribution in [2.45, 2.75) is 38.3 Å². The lowest BCUT2D eigenvalue weighted by Gasteiger charge is -2.00. The van der Waals surface area contributed by atoms with Crippen LogP contribution < -0.4 is 5.32 Å². The minimum absolute atomic E-state index is 0.0391. The summed E-state index contributed by atoms with van der Waals surface area (Å²) in [6.07, 6.45) is 5.45. The van der Waals surface area contributed by atoms with Crippen molar-refractivity contribution in [2.24, 2.45) is 0 Å². The Kier molecular flexibility index (Phi) is 3.99. The van der Waals surface area contributed by atoms with Crippen LogP contribution in [-0.2, 0) is 9.59 Å². The van der Waals surface area contributed by atoms with Crippen LogP contribution in [0.2, 0.25) is 12.1 Å². The number of rotatable bonds is 6. The molecule has 1 aliphatic heterocycles. The number of hydrogen-bond donors (Lipinski definition) is 1. The van der Waals surface area contributed by atoms with E-state index in [1.807, 2.05) is 0 Å². The van der Waals surface area contributed by atoms with Crippen molar-refractivity contribution in [1.82, 2.24) is 5.32 Å². The van der Waals surface area contributed by atoms with E-state index in [-0.39, 0.29) is 5.91 Å². The molecule has 0 bridgehead atoms. The lowest BCUT2D eigenvalue weighted by molar-refractivity contribution is -0.118. The smallest absolute Gasteiger partial charge is 0.221 e. The zero-order valence-electron chi connectivity index (χ0n) is 8.08. The summed E-state index contributed by atoms with van der Waals surface area (Å²) in [5.41, 5.74) is 0. The van der Waals surface area contributed by atoms with Crippen LogP contribution in [0.25, 0.3) is 0 Å². The zero-order chi connectivity index (χ0) is 9.68. The molecule has 1 rings (SSSR count). The van der Waals surface area contributed by atoms with E-state index >= 15 is 0 Å². The van der Waals surface area contributed by atoms with Crippen molar-refractivity contribution in [2.75, 3.05) is 6.54 Å². The molecule has 13 heavy (non-hydrogen) atoms. The fraction of sp³-hybridized carbons (Fsp3) is 0.778. The zero-order valence-corrected chi connectivity index (χ0v) is 8.08. The van der Waals surface area contributed by atoms with Gasteiger partial charge in [-0.15, -0.1) is 0 Å². The summed E-state index contributed by atoms with van der Waals surface area (Å²) >= 11 is 0. The average Bonchev–Trinajstić information content (AvgIpc) is 2.82. The topological polar surface area (TPSA) is 46.2 Å². The fourth-order valence-electron chi connectivity index (χ4n) is 1.57. The number of nitrogens with one attached hydrogen (secondary N) is 1. The number of hydrogen-bond acceptors (Lipinski definition) is 2. The minimum Gasteiger partial charge on any atom is -0.356 e. The van der Waals surface area contributed by atoms with Gasteiger partial charge in [-0.05, 0) is 6.42 Å². The first-order valence-electron chi connectivity index (χ1n) is 4.93. The van der Waals surface area contributed by atoms with Crippen molar-refractivity contribution < 1.29 is 9.59 Å². The molecular formula is C9H16BNO2. The van der Waals surface area contributed by atoms with Gasteiger partial charge in [-0.1, -0.05) is 25.0 Å². The summed E-state index contributed by atoms with van der Waals surface area (Å²) in [7, 11) is 0. The Hall–Kier alpha value is -0.795. The standard InChI is InChI=1S/C9H16BNO2/c1-8(13)11-5-3-2-4-9-6-10(9)7-12/h7,9H,2-6H2,1H3,(H,11,13). The third-order valence-corrected chi connectivity index (χ3v) is 2.53. The largest absolute Gasteiger partial charge is 0.356 e. The van der Waals surface area contributed by atoms with Gasteiger partial charge in [0.1, 0.15) is 0 Å². The van der Waals surface area contributed by atoms with Crippen LogP contribution in [0.5, 0.6) is 0 Å². The molecule has 1 heterocycles. The quantitative estimate of drug-likeness (QED) is 0.376. The number of carbonyl (C=O) groups excluding carboxylic acids is 2. The SMILES string of the molecule is CC(=O)NCCCCC1CB1C=O. The van der Waals surface area contributed by atoms with Crippen LogP contribution in [0.4, 0.5) is 0 Å². The van der Waals surface area contributed by atoms with Gasteiger partial charge in [0, 0.05) is 13.5 Å². The van der Waals surface area contributed by atoms with Gasteiger partial charge in [0.25, 0.3) is 0 Å². The summed E-state index contributed by atoms with van der Waals surface area (Å²) in [6.45, 7) is 2.65. The van der Waals surface area contributed by atoms with E-state index in [9.17, 15) is 9.59 Å². The van der Waals surface area contributed by atoms with Gasteiger partial charge in [0.15, 0.2) is 0 Å². The highest BCUT2D eigenvalue weighted by molar-refractivity contribution is 6.94. The van der Waals surface area contributed by atoms with Crippen molar-refractivity contribution in [3.63, 3.8) is 0 Å². The van der Waals surface area contributed by atoms with E-state index in [2.05, 4.69) is 5.32 Å². The van der Waals surface area contributed by atoms with E-state index in [0.717, 1.165) is 38.3 Å². The lowest BCUT2D eigenvalue weighted by atomic mass is 9.69. The third kappa shape index (κ3) is 4.11. The Labute approximate surface area is 79.3 Å². The molecule has 1 amide bonds. The second-order valence-electron chi connectivity index (χ2n) is 3.77. The van der Waals surface area contributed by atoms with E-state index in [1.165, 1.54) is 6.92 Å². The number of unbranched alkanes of at least 4 members (excludes halogenated alkanes) is 1. The molecule has 0 aromatic carbocycles. The summed E-state index contributed by atoms with van der Waals surface area (Å²) in [5.74, 6) is 0.687. The van der Waals surface area contributed by atoms with E-state index in [0.29, 0.717) is 12.5 Å². The molecule has 0 radical (unpaired) electrons. The van der Waals surface area contributed by atoms with Crippen LogP contribution in [-0.4, -0.2) is 25.4 Å². The van der Waals surface area contributed by atoms with Gasteiger partial charge >= 0.3 is 0 Å². The van der Waals surface area contributed by atoms with Crippen LogP contribution >= 0.6 is 0 Å². The summed E-state index contributed by atoms with van der Waals surface area (Å²) in [6, 6.07) is 0. The van der Waals surface area contributed by atoms with Gasteiger partial charge in [0.2, 0.25) is 12.6 Å². The molecule has 1 aliphatic rings. The van der Waals surface area contributed by atoms with Crippen LogP contribution in [0.15, 0.2) is 0 Å². The molecule has 1 fully saturated rings. The second-order valence-corrected chi connectivity index (χ2v) is 3.77. The lowest BCUT2D eigenvalue weighted by Crippen LogP contribution is -2.20. The van der Waals surface area contributed by atoms with Crippen molar-refractivity contribution in [1.29, 1.82) is 0 Å². The molecule has 0 aromatic rings. The van der Waals surface area contributed by atoms with E-state index in [4.69, 9.17) is 0 Å². The second kappa shape index (κ2) is 5.05. The van der Waals surface area contributed by atoms with Crippen molar-refractivity contribution >= 4 is 18.8 Å². The highest BCUT2D eigenvalue weighted by Crippen LogP contribution is 2.40. The molecule has 3 nitrogen and oxygen atoms in total. The predicted octanol–water partition coefficient (Wildman–Crippen LogP) is 0.943. The molecule has 0 aliphatic carbocycles. The van der Waals surface area contributed by atoms with E-state index in [1.54, 1.807) is 0 Å². The first-order chi connectivity index (χ1) is 6.24. The van der Waals surface area contributed by atoms with E-state index < -0.39 is 0 Å². The molecule has 0 spiro atoms.